The van der Waals surface area contributed by atoms with Gasteiger partial charge in [0.2, 0.25) is 5.91 Å². The lowest BCUT2D eigenvalue weighted by Crippen LogP contribution is -2.50. The molecule has 0 aromatic carbocycles. The van der Waals surface area contributed by atoms with E-state index in [-0.39, 0.29) is 5.91 Å². The first-order valence-corrected chi connectivity index (χ1v) is 10.5. The molecule has 0 aliphatic heterocycles. The van der Waals surface area contributed by atoms with Gasteiger partial charge >= 0.3 is 6.09 Å². The first kappa shape index (κ1) is 29.2. The summed E-state index contributed by atoms with van der Waals surface area (Å²) in [6.07, 6.45) is 7.29. The molecular formula is C24H44N2O3. The summed E-state index contributed by atoms with van der Waals surface area (Å²) < 4.78 is 5.41. The topological polar surface area (TPSA) is 58.6 Å². The lowest BCUT2D eigenvalue weighted by atomic mass is 10.0. The largest absolute Gasteiger partial charge is 0.444 e. The highest BCUT2D eigenvalue weighted by molar-refractivity contribution is 5.89. The maximum Gasteiger partial charge on any atom is 0.410 e. The lowest BCUT2D eigenvalue weighted by molar-refractivity contribution is -0.124. The normalized spacial score (nSPS) is 13.0. The molecule has 1 atom stereocenters. The number of carbonyl (C=O) groups excluding carboxylic acids is 2. The van der Waals surface area contributed by atoms with Gasteiger partial charge in [-0.05, 0) is 51.5 Å². The fraction of sp³-hybridized carbons (Fsp3) is 0.667. The van der Waals surface area contributed by atoms with Crippen molar-refractivity contribution in [3.8, 4) is 0 Å². The first-order valence-electron chi connectivity index (χ1n) is 10.5. The van der Waals surface area contributed by atoms with E-state index >= 15 is 0 Å². The quantitative estimate of drug-likeness (QED) is 0.521. The second-order valence-corrected chi connectivity index (χ2v) is 9.10. The number of likely N-dealkylation sites (N-methyl/N-ethyl adjacent to an activating group) is 1. The van der Waals surface area contributed by atoms with Crippen LogP contribution in [0.25, 0.3) is 0 Å². The zero-order valence-electron chi connectivity index (χ0n) is 20.3. The second kappa shape index (κ2) is 14.9. The van der Waals surface area contributed by atoms with E-state index in [1.165, 1.54) is 4.90 Å². The number of ether oxygens (including phenoxy) is 1. The molecule has 0 saturated heterocycles. The summed E-state index contributed by atoms with van der Waals surface area (Å²) in [5.74, 6) is 1.08. The third-order valence-corrected chi connectivity index (χ3v) is 3.32. The van der Waals surface area contributed by atoms with Crippen molar-refractivity contribution < 1.29 is 14.3 Å². The molecule has 0 aromatic rings. The molecule has 0 aromatic heterocycles. The van der Waals surface area contributed by atoms with Gasteiger partial charge in [0.05, 0.1) is 0 Å². The van der Waals surface area contributed by atoms with Crippen molar-refractivity contribution in [2.24, 2.45) is 11.8 Å². The molecule has 0 bridgehead atoms. The Kier molecular flexibility index (Phi) is 15.0. The number of carbonyl (C=O) groups is 2. The van der Waals surface area contributed by atoms with E-state index in [1.54, 1.807) is 46.0 Å². The van der Waals surface area contributed by atoms with E-state index in [2.05, 4.69) is 46.5 Å². The predicted molar refractivity (Wildman–Crippen MR) is 124 cm³/mol. The minimum Gasteiger partial charge on any atom is -0.444 e. The number of rotatable bonds is 8. The van der Waals surface area contributed by atoms with Gasteiger partial charge in [-0.3, -0.25) is 9.69 Å². The average molecular weight is 409 g/mol. The zero-order valence-corrected chi connectivity index (χ0v) is 20.3. The number of nitrogens with zero attached hydrogens (tertiary/aromatic N) is 1. The Labute approximate surface area is 179 Å². The molecule has 0 spiro atoms. The van der Waals surface area contributed by atoms with Gasteiger partial charge in [-0.2, -0.15) is 0 Å². The third-order valence-electron chi connectivity index (χ3n) is 3.32. The van der Waals surface area contributed by atoms with Crippen molar-refractivity contribution in [3.05, 3.63) is 36.5 Å². The van der Waals surface area contributed by atoms with Crippen LogP contribution < -0.4 is 5.32 Å². The summed E-state index contributed by atoms with van der Waals surface area (Å²) in [6, 6.07) is -0.781. The Bertz CT molecular complexity index is 552. The zero-order chi connectivity index (χ0) is 23.2. The fourth-order valence-electron chi connectivity index (χ4n) is 2.14. The van der Waals surface area contributed by atoms with E-state index in [4.69, 9.17) is 4.74 Å². The van der Waals surface area contributed by atoms with Crippen LogP contribution in [-0.4, -0.2) is 42.1 Å². The Morgan fingerprint density at radius 2 is 1.66 bits per heavy atom. The van der Waals surface area contributed by atoms with Crippen molar-refractivity contribution in [2.45, 2.75) is 80.4 Å². The highest BCUT2D eigenvalue weighted by atomic mass is 16.6. The Morgan fingerprint density at radius 1 is 1.14 bits per heavy atom. The maximum atomic E-state index is 12.8. The van der Waals surface area contributed by atoms with Gasteiger partial charge in [0, 0.05) is 13.6 Å². The van der Waals surface area contributed by atoms with E-state index in [9.17, 15) is 9.59 Å². The Balaban J connectivity index is 0. The smallest absolute Gasteiger partial charge is 0.410 e. The minimum absolute atomic E-state index is 0.236. The van der Waals surface area contributed by atoms with Gasteiger partial charge < -0.3 is 10.1 Å². The van der Waals surface area contributed by atoms with Crippen molar-refractivity contribution in [3.63, 3.8) is 0 Å². The van der Waals surface area contributed by atoms with Gasteiger partial charge in [-0.1, -0.05) is 65.5 Å². The van der Waals surface area contributed by atoms with Gasteiger partial charge in [-0.25, -0.2) is 4.79 Å². The highest BCUT2D eigenvalue weighted by Crippen LogP contribution is 2.17. The molecular weight excluding hydrogens is 364 g/mol. The van der Waals surface area contributed by atoms with Gasteiger partial charge in [-0.15, -0.1) is 0 Å². The molecule has 1 N–H and O–H groups in total. The molecule has 0 aliphatic rings. The van der Waals surface area contributed by atoms with E-state index in [1.807, 2.05) is 13.0 Å². The van der Waals surface area contributed by atoms with Crippen LogP contribution >= 0.6 is 0 Å². The van der Waals surface area contributed by atoms with Crippen LogP contribution in [0, 0.1) is 11.8 Å². The number of hydrogen-bond donors (Lipinski definition) is 1. The van der Waals surface area contributed by atoms with Crippen LogP contribution in [0.5, 0.6) is 0 Å². The van der Waals surface area contributed by atoms with Gasteiger partial charge in [0.1, 0.15) is 11.6 Å². The molecule has 1 unspecified atom stereocenters. The Morgan fingerprint density at radius 3 is 2.03 bits per heavy atom. The summed E-state index contributed by atoms with van der Waals surface area (Å²) in [4.78, 5) is 26.5. The monoisotopic (exact) mass is 408 g/mol. The van der Waals surface area contributed by atoms with Crippen LogP contribution in [0.15, 0.2) is 36.5 Å². The van der Waals surface area contributed by atoms with Crippen LogP contribution in [0.3, 0.4) is 0 Å². The highest BCUT2D eigenvalue weighted by Gasteiger charge is 2.31. The van der Waals surface area contributed by atoms with Crippen LogP contribution in [-0.2, 0) is 9.53 Å². The molecule has 29 heavy (non-hydrogen) atoms. The minimum atomic E-state index is -0.781. The van der Waals surface area contributed by atoms with Crippen molar-refractivity contribution >= 4 is 12.0 Å². The fourth-order valence-corrected chi connectivity index (χ4v) is 2.14. The number of allylic oxidation sites excluding steroid dienone is 3. The standard InChI is InChI=1S/C20H34N2O3.C4H10/c1-9-11-16(12-10-2)17(18(23)21-14-13-15(3)4)22(8)19(24)25-20(5,6)7;1-4(2)3/h9-12,15,17H,1,13-14H2,2-8H3,(H,21,23);4H,1-3H3/b12-10-,16-11+;. The molecule has 0 heterocycles. The van der Waals surface area contributed by atoms with Crippen molar-refractivity contribution in [1.82, 2.24) is 10.2 Å². The summed E-state index contributed by atoms with van der Waals surface area (Å²) >= 11 is 0. The van der Waals surface area contributed by atoms with E-state index < -0.39 is 17.7 Å². The molecule has 5 nitrogen and oxygen atoms in total. The lowest BCUT2D eigenvalue weighted by Gasteiger charge is -2.30. The van der Waals surface area contributed by atoms with Crippen LogP contribution in [0.2, 0.25) is 0 Å². The number of nitrogens with one attached hydrogen (secondary N) is 1. The summed E-state index contributed by atoms with van der Waals surface area (Å²) in [5, 5.41) is 2.91. The van der Waals surface area contributed by atoms with Crippen LogP contribution in [0.1, 0.15) is 68.7 Å². The van der Waals surface area contributed by atoms with E-state index in [0.29, 0.717) is 18.0 Å². The third kappa shape index (κ3) is 15.5. The molecule has 0 rings (SSSR count). The molecule has 0 saturated carbocycles. The average Bonchev–Trinajstić information content (AvgIpc) is 2.52. The van der Waals surface area contributed by atoms with Crippen molar-refractivity contribution in [2.75, 3.05) is 13.6 Å². The molecule has 5 heteroatoms. The molecule has 0 fully saturated rings. The second-order valence-electron chi connectivity index (χ2n) is 9.10. The summed E-state index contributed by atoms with van der Waals surface area (Å²) in [7, 11) is 1.57. The Hall–Kier alpha value is -2.04. The van der Waals surface area contributed by atoms with Crippen LogP contribution in [0.4, 0.5) is 4.79 Å². The predicted octanol–water partition coefficient (Wildman–Crippen LogP) is 5.74. The first-order chi connectivity index (χ1) is 13.3. The van der Waals surface area contributed by atoms with Gasteiger partial charge in [0.25, 0.3) is 0 Å². The molecule has 0 radical (unpaired) electrons. The SMILES string of the molecule is C=C/C=C(\C=C/C)C(C(=O)NCCC(C)C)N(C)C(=O)OC(C)(C)C.CC(C)C. The molecule has 2 amide bonds. The number of amides is 2. The molecule has 0 aliphatic carbocycles. The summed E-state index contributed by atoms with van der Waals surface area (Å²) in [6.45, 7) is 22.2. The molecule has 168 valence electrons. The summed E-state index contributed by atoms with van der Waals surface area (Å²) in [5.41, 5.74) is 0.0420. The number of hydrogen-bond acceptors (Lipinski definition) is 3. The van der Waals surface area contributed by atoms with E-state index in [0.717, 1.165) is 12.3 Å². The van der Waals surface area contributed by atoms with Crippen molar-refractivity contribution in [1.29, 1.82) is 0 Å². The maximum absolute atomic E-state index is 12.8. The van der Waals surface area contributed by atoms with Gasteiger partial charge in [0.15, 0.2) is 0 Å².